The molecule has 5 nitrogen and oxygen atoms in total. The predicted octanol–water partition coefficient (Wildman–Crippen LogP) is 0.495. The fourth-order valence-corrected chi connectivity index (χ4v) is 1.56. The standard InChI is InChI=1S/C8H14N4O/c1-5-3-4-13-6(5)7-10-8(9)12(2)11-7/h5-6H,3-4H2,1-2H3,(H2,9,10,11). The SMILES string of the molecule is CC1CCOC1c1nc(N)n(C)n1. The van der Waals surface area contributed by atoms with E-state index in [1.54, 1.807) is 11.7 Å². The lowest BCUT2D eigenvalue weighted by atomic mass is 10.0. The van der Waals surface area contributed by atoms with E-state index in [2.05, 4.69) is 17.0 Å². The smallest absolute Gasteiger partial charge is 0.218 e. The Balaban J connectivity index is 2.24. The summed E-state index contributed by atoms with van der Waals surface area (Å²) >= 11 is 0. The fraction of sp³-hybridized carbons (Fsp3) is 0.750. The molecule has 0 aliphatic carbocycles. The molecule has 1 aromatic rings. The quantitative estimate of drug-likeness (QED) is 0.686. The minimum atomic E-state index is 0.0310. The van der Waals surface area contributed by atoms with Crippen molar-refractivity contribution >= 4 is 5.95 Å². The number of ether oxygens (including phenoxy) is 1. The summed E-state index contributed by atoms with van der Waals surface area (Å²) in [5.41, 5.74) is 5.59. The highest BCUT2D eigenvalue weighted by Gasteiger charge is 2.29. The van der Waals surface area contributed by atoms with Gasteiger partial charge in [-0.2, -0.15) is 10.1 Å². The molecule has 2 atom stereocenters. The number of nitrogens with two attached hydrogens (primary N) is 1. The predicted molar refractivity (Wildman–Crippen MR) is 47.9 cm³/mol. The molecule has 0 radical (unpaired) electrons. The van der Waals surface area contributed by atoms with Crippen molar-refractivity contribution in [1.29, 1.82) is 0 Å². The van der Waals surface area contributed by atoms with Gasteiger partial charge in [0.25, 0.3) is 0 Å². The molecular formula is C8H14N4O. The third-order valence-corrected chi connectivity index (χ3v) is 2.46. The van der Waals surface area contributed by atoms with Crippen LogP contribution in [0.5, 0.6) is 0 Å². The van der Waals surface area contributed by atoms with E-state index in [-0.39, 0.29) is 6.10 Å². The minimum Gasteiger partial charge on any atom is -0.370 e. The molecule has 1 aliphatic rings. The van der Waals surface area contributed by atoms with Gasteiger partial charge in [0.2, 0.25) is 5.95 Å². The lowest BCUT2D eigenvalue weighted by Crippen LogP contribution is -2.06. The zero-order valence-corrected chi connectivity index (χ0v) is 7.90. The van der Waals surface area contributed by atoms with Crippen molar-refractivity contribution in [1.82, 2.24) is 14.8 Å². The second kappa shape index (κ2) is 2.99. The first-order valence-electron chi connectivity index (χ1n) is 4.46. The van der Waals surface area contributed by atoms with E-state index >= 15 is 0 Å². The van der Waals surface area contributed by atoms with Gasteiger partial charge >= 0.3 is 0 Å². The monoisotopic (exact) mass is 182 g/mol. The number of hydrogen-bond acceptors (Lipinski definition) is 4. The maximum atomic E-state index is 5.59. The molecule has 1 aromatic heterocycles. The molecule has 72 valence electrons. The Labute approximate surface area is 76.9 Å². The molecule has 1 fully saturated rings. The van der Waals surface area contributed by atoms with Gasteiger partial charge in [-0.05, 0) is 12.3 Å². The number of nitrogens with zero attached hydrogens (tertiary/aromatic N) is 3. The molecule has 0 amide bonds. The summed E-state index contributed by atoms with van der Waals surface area (Å²) in [5, 5.41) is 4.20. The molecule has 2 N–H and O–H groups in total. The first kappa shape index (κ1) is 8.50. The van der Waals surface area contributed by atoms with Crippen LogP contribution in [0, 0.1) is 5.92 Å². The van der Waals surface area contributed by atoms with E-state index in [1.165, 1.54) is 0 Å². The Morgan fingerprint density at radius 1 is 1.62 bits per heavy atom. The first-order chi connectivity index (χ1) is 6.18. The topological polar surface area (TPSA) is 66.0 Å². The van der Waals surface area contributed by atoms with Crippen LogP contribution in [0.4, 0.5) is 5.95 Å². The van der Waals surface area contributed by atoms with Gasteiger partial charge in [-0.15, -0.1) is 0 Å². The molecule has 0 aromatic carbocycles. The van der Waals surface area contributed by atoms with E-state index in [9.17, 15) is 0 Å². The Morgan fingerprint density at radius 3 is 2.85 bits per heavy atom. The largest absolute Gasteiger partial charge is 0.370 e. The molecule has 1 aliphatic heterocycles. The van der Waals surface area contributed by atoms with Crippen molar-refractivity contribution in [3.8, 4) is 0 Å². The van der Waals surface area contributed by atoms with Gasteiger partial charge in [-0.3, -0.25) is 0 Å². The Kier molecular flexibility index (Phi) is 1.95. The zero-order valence-electron chi connectivity index (χ0n) is 7.90. The molecule has 2 rings (SSSR count). The van der Waals surface area contributed by atoms with Gasteiger partial charge in [0, 0.05) is 13.7 Å². The molecule has 0 bridgehead atoms. The van der Waals surface area contributed by atoms with Crippen LogP contribution in [0.1, 0.15) is 25.3 Å². The second-order valence-corrected chi connectivity index (χ2v) is 3.51. The number of aryl methyl sites for hydroxylation is 1. The maximum absolute atomic E-state index is 5.59. The maximum Gasteiger partial charge on any atom is 0.218 e. The van der Waals surface area contributed by atoms with Crippen molar-refractivity contribution < 1.29 is 4.74 Å². The summed E-state index contributed by atoms with van der Waals surface area (Å²) in [4.78, 5) is 4.15. The van der Waals surface area contributed by atoms with Crippen LogP contribution >= 0.6 is 0 Å². The average Bonchev–Trinajstić information content (AvgIpc) is 2.60. The Hall–Kier alpha value is -1.10. The van der Waals surface area contributed by atoms with E-state index in [4.69, 9.17) is 10.5 Å². The fourth-order valence-electron chi connectivity index (χ4n) is 1.56. The van der Waals surface area contributed by atoms with Crippen LogP contribution in [0.15, 0.2) is 0 Å². The summed E-state index contributed by atoms with van der Waals surface area (Å²) in [7, 11) is 1.78. The molecule has 2 unspecified atom stereocenters. The van der Waals surface area contributed by atoms with Gasteiger partial charge in [0.05, 0.1) is 0 Å². The average molecular weight is 182 g/mol. The van der Waals surface area contributed by atoms with Crippen molar-refractivity contribution in [3.63, 3.8) is 0 Å². The number of anilines is 1. The van der Waals surface area contributed by atoms with Gasteiger partial charge < -0.3 is 10.5 Å². The second-order valence-electron chi connectivity index (χ2n) is 3.51. The minimum absolute atomic E-state index is 0.0310. The summed E-state index contributed by atoms with van der Waals surface area (Å²) < 4.78 is 7.10. The van der Waals surface area contributed by atoms with E-state index in [1.807, 2.05) is 0 Å². The highest BCUT2D eigenvalue weighted by molar-refractivity contribution is 5.16. The third-order valence-electron chi connectivity index (χ3n) is 2.46. The zero-order chi connectivity index (χ0) is 9.42. The molecule has 1 saturated heterocycles. The van der Waals surface area contributed by atoms with Crippen LogP contribution in [0.25, 0.3) is 0 Å². The summed E-state index contributed by atoms with van der Waals surface area (Å²) in [6, 6.07) is 0. The van der Waals surface area contributed by atoms with Gasteiger partial charge in [0.1, 0.15) is 6.10 Å². The highest BCUT2D eigenvalue weighted by atomic mass is 16.5. The number of nitrogen functional groups attached to an aromatic ring is 1. The summed E-state index contributed by atoms with van der Waals surface area (Å²) in [5.74, 6) is 1.64. The normalized spacial score (nSPS) is 28.2. The third kappa shape index (κ3) is 1.39. The first-order valence-corrected chi connectivity index (χ1v) is 4.46. The molecular weight excluding hydrogens is 168 g/mol. The summed E-state index contributed by atoms with van der Waals surface area (Å²) in [6.45, 7) is 2.94. The number of hydrogen-bond donors (Lipinski definition) is 1. The van der Waals surface area contributed by atoms with Crippen LogP contribution in [-0.4, -0.2) is 21.4 Å². The van der Waals surface area contributed by atoms with Crippen molar-refractivity contribution in [2.45, 2.75) is 19.4 Å². The lowest BCUT2D eigenvalue weighted by Gasteiger charge is -2.08. The number of aromatic nitrogens is 3. The Bertz CT molecular complexity index is 290. The van der Waals surface area contributed by atoms with Crippen molar-refractivity contribution in [2.24, 2.45) is 13.0 Å². The van der Waals surface area contributed by atoms with E-state index < -0.39 is 0 Å². The van der Waals surface area contributed by atoms with E-state index in [0.717, 1.165) is 13.0 Å². The summed E-state index contributed by atoms with van der Waals surface area (Å²) in [6.07, 6.45) is 1.10. The molecule has 0 saturated carbocycles. The van der Waals surface area contributed by atoms with Gasteiger partial charge in [0.15, 0.2) is 5.82 Å². The molecule has 0 spiro atoms. The van der Waals surface area contributed by atoms with Crippen LogP contribution in [0.2, 0.25) is 0 Å². The van der Waals surface area contributed by atoms with Crippen molar-refractivity contribution in [3.05, 3.63) is 5.82 Å². The van der Waals surface area contributed by atoms with Crippen LogP contribution in [-0.2, 0) is 11.8 Å². The Morgan fingerprint density at radius 2 is 2.38 bits per heavy atom. The highest BCUT2D eigenvalue weighted by Crippen LogP contribution is 2.32. The molecule has 13 heavy (non-hydrogen) atoms. The van der Waals surface area contributed by atoms with Gasteiger partial charge in [-0.1, -0.05) is 6.92 Å². The van der Waals surface area contributed by atoms with Crippen LogP contribution in [0.3, 0.4) is 0 Å². The van der Waals surface area contributed by atoms with Gasteiger partial charge in [-0.25, -0.2) is 4.68 Å². The lowest BCUT2D eigenvalue weighted by molar-refractivity contribution is 0.0873. The van der Waals surface area contributed by atoms with Crippen LogP contribution < -0.4 is 5.73 Å². The molecule has 5 heteroatoms. The van der Waals surface area contributed by atoms with E-state index in [0.29, 0.717) is 17.7 Å². The number of rotatable bonds is 1. The van der Waals surface area contributed by atoms with Crippen molar-refractivity contribution in [2.75, 3.05) is 12.3 Å². The molecule has 2 heterocycles.